The molecule has 0 radical (unpaired) electrons. The van der Waals surface area contributed by atoms with Crippen LogP contribution in [0.5, 0.6) is 0 Å². The standard InChI is InChI=1S/C10H17BrN2/c1-3-4-9(11)5-6-10-7-8-13(2)12-10/h7-9H,3-6H2,1-2H3. The summed E-state index contributed by atoms with van der Waals surface area (Å²) in [4.78, 5) is 0.652. The highest BCUT2D eigenvalue weighted by molar-refractivity contribution is 9.09. The number of hydrogen-bond acceptors (Lipinski definition) is 1. The van der Waals surface area contributed by atoms with Crippen LogP contribution < -0.4 is 0 Å². The highest BCUT2D eigenvalue weighted by Gasteiger charge is 2.04. The molecule has 1 unspecified atom stereocenters. The molecule has 1 atom stereocenters. The van der Waals surface area contributed by atoms with Crippen LogP contribution in [0.4, 0.5) is 0 Å². The molecular formula is C10H17BrN2. The second kappa shape index (κ2) is 5.43. The molecule has 0 spiro atoms. The fourth-order valence-corrected chi connectivity index (χ4v) is 2.05. The summed E-state index contributed by atoms with van der Waals surface area (Å²) in [5.41, 5.74) is 1.20. The SMILES string of the molecule is CCCC(Br)CCc1ccn(C)n1. The maximum Gasteiger partial charge on any atom is 0.0624 e. The van der Waals surface area contributed by atoms with Gasteiger partial charge in [0.25, 0.3) is 0 Å². The summed E-state index contributed by atoms with van der Waals surface area (Å²) in [7, 11) is 1.96. The summed E-state index contributed by atoms with van der Waals surface area (Å²) >= 11 is 3.67. The van der Waals surface area contributed by atoms with Gasteiger partial charge in [0.2, 0.25) is 0 Å². The molecule has 0 saturated heterocycles. The topological polar surface area (TPSA) is 17.8 Å². The molecular weight excluding hydrogens is 228 g/mol. The maximum atomic E-state index is 4.34. The third kappa shape index (κ3) is 3.94. The molecule has 0 amide bonds. The van der Waals surface area contributed by atoms with E-state index >= 15 is 0 Å². The van der Waals surface area contributed by atoms with E-state index in [1.165, 1.54) is 25.0 Å². The Morgan fingerprint density at radius 2 is 2.31 bits per heavy atom. The van der Waals surface area contributed by atoms with Crippen LogP contribution in [0.2, 0.25) is 0 Å². The molecule has 1 aromatic heterocycles. The van der Waals surface area contributed by atoms with Gasteiger partial charge in [-0.05, 0) is 25.3 Å². The average Bonchev–Trinajstić information content (AvgIpc) is 2.49. The molecule has 2 nitrogen and oxygen atoms in total. The Hall–Kier alpha value is -0.310. The van der Waals surface area contributed by atoms with Gasteiger partial charge < -0.3 is 0 Å². The molecule has 0 aliphatic heterocycles. The minimum absolute atomic E-state index is 0.652. The van der Waals surface area contributed by atoms with Crippen molar-refractivity contribution < 1.29 is 0 Å². The Morgan fingerprint density at radius 1 is 1.54 bits per heavy atom. The van der Waals surface area contributed by atoms with Crippen molar-refractivity contribution in [2.45, 2.75) is 37.4 Å². The van der Waals surface area contributed by atoms with Crippen LogP contribution in [0.15, 0.2) is 12.3 Å². The van der Waals surface area contributed by atoms with Crippen molar-refractivity contribution in [2.75, 3.05) is 0 Å². The van der Waals surface area contributed by atoms with Crippen molar-refractivity contribution in [1.82, 2.24) is 9.78 Å². The van der Waals surface area contributed by atoms with Gasteiger partial charge in [-0.2, -0.15) is 5.10 Å². The van der Waals surface area contributed by atoms with Gasteiger partial charge in [0, 0.05) is 18.1 Å². The lowest BCUT2D eigenvalue weighted by Crippen LogP contribution is -2.00. The van der Waals surface area contributed by atoms with Crippen LogP contribution in [-0.4, -0.2) is 14.6 Å². The largest absolute Gasteiger partial charge is 0.276 e. The van der Waals surface area contributed by atoms with Crippen molar-refractivity contribution in [3.8, 4) is 0 Å². The van der Waals surface area contributed by atoms with Gasteiger partial charge in [-0.1, -0.05) is 29.3 Å². The number of aromatic nitrogens is 2. The molecule has 13 heavy (non-hydrogen) atoms. The average molecular weight is 245 g/mol. The first kappa shape index (κ1) is 10.8. The summed E-state index contributed by atoms with van der Waals surface area (Å²) < 4.78 is 1.86. The molecule has 0 aliphatic rings. The van der Waals surface area contributed by atoms with Crippen LogP contribution in [0.25, 0.3) is 0 Å². The van der Waals surface area contributed by atoms with E-state index in [1.54, 1.807) is 0 Å². The number of nitrogens with zero attached hydrogens (tertiary/aromatic N) is 2. The van der Waals surface area contributed by atoms with Crippen molar-refractivity contribution in [2.24, 2.45) is 7.05 Å². The first-order valence-corrected chi connectivity index (χ1v) is 5.76. The lowest BCUT2D eigenvalue weighted by atomic mass is 10.1. The first-order chi connectivity index (χ1) is 6.22. The van der Waals surface area contributed by atoms with Crippen LogP contribution in [0, 0.1) is 0 Å². The number of alkyl halides is 1. The maximum absolute atomic E-state index is 4.34. The van der Waals surface area contributed by atoms with E-state index in [1.807, 2.05) is 17.9 Å². The van der Waals surface area contributed by atoms with E-state index in [-0.39, 0.29) is 0 Å². The predicted molar refractivity (Wildman–Crippen MR) is 59.2 cm³/mol. The van der Waals surface area contributed by atoms with Crippen molar-refractivity contribution in [3.63, 3.8) is 0 Å². The molecule has 74 valence electrons. The highest BCUT2D eigenvalue weighted by Crippen LogP contribution is 2.14. The Balaban J connectivity index is 2.26. The summed E-state index contributed by atoms with van der Waals surface area (Å²) in [6.07, 6.45) is 6.77. The molecule has 1 heterocycles. The van der Waals surface area contributed by atoms with Gasteiger partial charge in [-0.3, -0.25) is 4.68 Å². The van der Waals surface area contributed by atoms with Gasteiger partial charge in [0.1, 0.15) is 0 Å². The van der Waals surface area contributed by atoms with E-state index in [4.69, 9.17) is 0 Å². The number of aryl methyl sites for hydroxylation is 2. The normalized spacial score (nSPS) is 13.2. The van der Waals surface area contributed by atoms with Gasteiger partial charge in [0.05, 0.1) is 5.69 Å². The molecule has 0 bridgehead atoms. The quantitative estimate of drug-likeness (QED) is 0.729. The monoisotopic (exact) mass is 244 g/mol. The Bertz CT molecular complexity index is 245. The summed E-state index contributed by atoms with van der Waals surface area (Å²) in [6, 6.07) is 2.09. The van der Waals surface area contributed by atoms with E-state index in [2.05, 4.69) is 34.0 Å². The van der Waals surface area contributed by atoms with Gasteiger partial charge in [0.15, 0.2) is 0 Å². The molecule has 0 fully saturated rings. The Kier molecular flexibility index (Phi) is 4.50. The third-order valence-corrected chi connectivity index (χ3v) is 3.00. The summed E-state index contributed by atoms with van der Waals surface area (Å²) in [5, 5.41) is 4.34. The van der Waals surface area contributed by atoms with E-state index < -0.39 is 0 Å². The number of hydrogen-bond donors (Lipinski definition) is 0. The van der Waals surface area contributed by atoms with Crippen molar-refractivity contribution in [3.05, 3.63) is 18.0 Å². The lowest BCUT2D eigenvalue weighted by molar-refractivity contribution is 0.670. The minimum Gasteiger partial charge on any atom is -0.276 e. The second-order valence-corrected chi connectivity index (χ2v) is 4.70. The second-order valence-electron chi connectivity index (χ2n) is 3.41. The molecule has 0 saturated carbocycles. The predicted octanol–water partition coefficient (Wildman–Crippen LogP) is 2.92. The minimum atomic E-state index is 0.652. The number of halogens is 1. The van der Waals surface area contributed by atoms with E-state index in [0.29, 0.717) is 4.83 Å². The molecule has 0 aliphatic carbocycles. The van der Waals surface area contributed by atoms with Crippen LogP contribution in [-0.2, 0) is 13.5 Å². The highest BCUT2D eigenvalue weighted by atomic mass is 79.9. The van der Waals surface area contributed by atoms with Crippen molar-refractivity contribution in [1.29, 1.82) is 0 Å². The van der Waals surface area contributed by atoms with Gasteiger partial charge in [-0.25, -0.2) is 0 Å². The first-order valence-electron chi connectivity index (χ1n) is 4.85. The van der Waals surface area contributed by atoms with Gasteiger partial charge >= 0.3 is 0 Å². The van der Waals surface area contributed by atoms with Crippen LogP contribution in [0.3, 0.4) is 0 Å². The zero-order valence-electron chi connectivity index (χ0n) is 8.33. The zero-order chi connectivity index (χ0) is 9.68. The van der Waals surface area contributed by atoms with Crippen LogP contribution in [0.1, 0.15) is 31.9 Å². The fraction of sp³-hybridized carbons (Fsp3) is 0.700. The van der Waals surface area contributed by atoms with E-state index in [9.17, 15) is 0 Å². The van der Waals surface area contributed by atoms with E-state index in [0.717, 1.165) is 6.42 Å². The van der Waals surface area contributed by atoms with Crippen LogP contribution >= 0.6 is 15.9 Å². The molecule has 0 aromatic carbocycles. The summed E-state index contributed by atoms with van der Waals surface area (Å²) in [5.74, 6) is 0. The Morgan fingerprint density at radius 3 is 2.85 bits per heavy atom. The van der Waals surface area contributed by atoms with Crippen molar-refractivity contribution >= 4 is 15.9 Å². The summed E-state index contributed by atoms with van der Waals surface area (Å²) in [6.45, 7) is 2.22. The lowest BCUT2D eigenvalue weighted by Gasteiger charge is -2.05. The zero-order valence-corrected chi connectivity index (χ0v) is 9.92. The number of rotatable bonds is 5. The molecule has 0 N–H and O–H groups in total. The smallest absolute Gasteiger partial charge is 0.0624 e. The third-order valence-electron chi connectivity index (χ3n) is 2.08. The Labute approximate surface area is 88.5 Å². The fourth-order valence-electron chi connectivity index (χ4n) is 1.36. The van der Waals surface area contributed by atoms with Gasteiger partial charge in [-0.15, -0.1) is 0 Å². The molecule has 1 rings (SSSR count). The molecule has 3 heteroatoms. The molecule has 1 aromatic rings.